The first-order valence-corrected chi connectivity index (χ1v) is 10.4. The van der Waals surface area contributed by atoms with Gasteiger partial charge in [-0.2, -0.15) is 5.26 Å². The van der Waals surface area contributed by atoms with E-state index in [9.17, 15) is 18.7 Å². The molecule has 7 atom stereocenters. The molecule has 1 amide bonds. The van der Waals surface area contributed by atoms with E-state index >= 15 is 0 Å². The number of aliphatic hydroxyl groups excluding tert-OH is 1. The van der Waals surface area contributed by atoms with E-state index < -0.39 is 30.3 Å². The monoisotopic (exact) mass is 411 g/mol. The average molecular weight is 411 g/mol. The summed E-state index contributed by atoms with van der Waals surface area (Å²) in [6, 6.07) is 7.30. The molecule has 1 aromatic rings. The van der Waals surface area contributed by atoms with E-state index in [4.69, 9.17) is 5.26 Å². The van der Waals surface area contributed by atoms with Crippen molar-refractivity contribution in [3.8, 4) is 6.07 Å². The maximum absolute atomic E-state index is 14.9. The van der Waals surface area contributed by atoms with Crippen molar-refractivity contribution in [3.63, 3.8) is 0 Å². The van der Waals surface area contributed by atoms with E-state index in [2.05, 4.69) is 11.0 Å². The summed E-state index contributed by atoms with van der Waals surface area (Å²) in [6.07, 6.45) is 4.52. The molecule has 0 saturated carbocycles. The molecular formula is C23H23F2N3O2. The molecule has 156 valence electrons. The van der Waals surface area contributed by atoms with Gasteiger partial charge in [-0.05, 0) is 42.5 Å². The van der Waals surface area contributed by atoms with Gasteiger partial charge in [-0.1, -0.05) is 24.3 Å². The van der Waals surface area contributed by atoms with Crippen LogP contribution in [-0.4, -0.2) is 51.8 Å². The highest BCUT2D eigenvalue weighted by molar-refractivity contribution is 5.83. The van der Waals surface area contributed by atoms with Crippen LogP contribution in [-0.2, 0) is 11.3 Å². The maximum atomic E-state index is 14.9. The molecule has 0 bridgehead atoms. The quantitative estimate of drug-likeness (QED) is 0.830. The summed E-state index contributed by atoms with van der Waals surface area (Å²) >= 11 is 0. The lowest BCUT2D eigenvalue weighted by molar-refractivity contribution is -0.138. The third-order valence-corrected chi connectivity index (χ3v) is 7.18. The number of carbonyl (C=O) groups excluding carboxylic acids is 1. The second kappa shape index (κ2) is 7.29. The zero-order valence-corrected chi connectivity index (χ0v) is 16.4. The predicted molar refractivity (Wildman–Crippen MR) is 105 cm³/mol. The largest absolute Gasteiger partial charge is 0.373 e. The number of amides is 1. The summed E-state index contributed by atoms with van der Waals surface area (Å²) in [4.78, 5) is 16.8. The van der Waals surface area contributed by atoms with Crippen molar-refractivity contribution in [1.29, 1.82) is 5.26 Å². The minimum absolute atomic E-state index is 0.0121. The highest BCUT2D eigenvalue weighted by Gasteiger charge is 2.65. The molecule has 3 saturated heterocycles. The zero-order chi connectivity index (χ0) is 21.0. The van der Waals surface area contributed by atoms with Crippen LogP contribution in [0.3, 0.4) is 0 Å². The van der Waals surface area contributed by atoms with Gasteiger partial charge in [0.05, 0.1) is 18.0 Å². The van der Waals surface area contributed by atoms with Crippen LogP contribution < -0.4 is 0 Å². The van der Waals surface area contributed by atoms with Crippen LogP contribution in [0.4, 0.5) is 8.78 Å². The lowest BCUT2D eigenvalue weighted by Crippen LogP contribution is -2.47. The second-order valence-electron chi connectivity index (χ2n) is 8.66. The number of likely N-dealkylation sites (tertiary alicyclic amines) is 1. The van der Waals surface area contributed by atoms with Crippen molar-refractivity contribution >= 4 is 5.91 Å². The number of nitrogens with zero attached hydrogens (tertiary/aromatic N) is 3. The van der Waals surface area contributed by atoms with Crippen LogP contribution in [0.25, 0.3) is 0 Å². The van der Waals surface area contributed by atoms with Gasteiger partial charge in [-0.3, -0.25) is 9.69 Å². The molecule has 4 aliphatic rings. The van der Waals surface area contributed by atoms with Crippen LogP contribution >= 0.6 is 0 Å². The van der Waals surface area contributed by atoms with Crippen LogP contribution in [0.2, 0.25) is 0 Å². The number of aliphatic hydroxyl groups is 1. The first-order chi connectivity index (χ1) is 14.5. The van der Waals surface area contributed by atoms with Crippen molar-refractivity contribution in [1.82, 2.24) is 9.80 Å². The van der Waals surface area contributed by atoms with Crippen LogP contribution in [0, 0.1) is 34.9 Å². The smallest absolute Gasteiger partial charge is 0.230 e. The normalized spacial score (nSPS) is 37.8. The van der Waals surface area contributed by atoms with Crippen molar-refractivity contribution in [2.24, 2.45) is 17.8 Å². The molecule has 2 unspecified atom stereocenters. The number of hydrogen-bond acceptors (Lipinski definition) is 4. The van der Waals surface area contributed by atoms with Crippen molar-refractivity contribution in [3.05, 3.63) is 59.4 Å². The van der Waals surface area contributed by atoms with Gasteiger partial charge in [0.1, 0.15) is 18.2 Å². The minimum atomic E-state index is -1.10. The van der Waals surface area contributed by atoms with Crippen LogP contribution in [0.5, 0.6) is 0 Å². The first kappa shape index (κ1) is 19.4. The Bertz CT molecular complexity index is 954. The SMILES string of the molecule is N#CC1=CCC([C@H]2[C@H]3C(O)N(Cc4ccc(F)cc4)C(=O)[C@H]3[C@@H]3[C@H](F)CCN32)C=C1. The lowest BCUT2D eigenvalue weighted by Gasteiger charge is -2.36. The van der Waals surface area contributed by atoms with E-state index in [0.717, 1.165) is 5.56 Å². The molecule has 5 rings (SSSR count). The van der Waals surface area contributed by atoms with Crippen molar-refractivity contribution in [2.75, 3.05) is 6.54 Å². The van der Waals surface area contributed by atoms with Crippen molar-refractivity contribution in [2.45, 2.75) is 43.9 Å². The number of benzene rings is 1. The van der Waals surface area contributed by atoms with Gasteiger partial charge in [0.2, 0.25) is 5.91 Å². The molecule has 3 fully saturated rings. The summed E-state index contributed by atoms with van der Waals surface area (Å²) in [7, 11) is 0. The fourth-order valence-electron chi connectivity index (χ4n) is 5.90. The topological polar surface area (TPSA) is 67.6 Å². The molecule has 3 aliphatic heterocycles. The summed E-state index contributed by atoms with van der Waals surface area (Å²) < 4.78 is 28.1. The Morgan fingerprint density at radius 3 is 2.67 bits per heavy atom. The fraction of sp³-hybridized carbons (Fsp3) is 0.478. The van der Waals surface area contributed by atoms with Gasteiger partial charge in [-0.25, -0.2) is 8.78 Å². The number of hydrogen-bond donors (Lipinski definition) is 1. The zero-order valence-electron chi connectivity index (χ0n) is 16.4. The van der Waals surface area contributed by atoms with E-state index in [1.165, 1.54) is 17.0 Å². The van der Waals surface area contributed by atoms with Gasteiger partial charge >= 0.3 is 0 Å². The third kappa shape index (κ3) is 2.90. The Morgan fingerprint density at radius 1 is 1.23 bits per heavy atom. The predicted octanol–water partition coefficient (Wildman–Crippen LogP) is 2.54. The highest BCUT2D eigenvalue weighted by Crippen LogP contribution is 2.52. The first-order valence-electron chi connectivity index (χ1n) is 10.4. The number of nitriles is 1. The molecule has 1 aliphatic carbocycles. The number of halogens is 2. The molecule has 1 N–H and O–H groups in total. The Kier molecular flexibility index (Phi) is 4.72. The van der Waals surface area contributed by atoms with Crippen molar-refractivity contribution < 1.29 is 18.7 Å². The highest BCUT2D eigenvalue weighted by atomic mass is 19.1. The van der Waals surface area contributed by atoms with E-state index in [1.807, 2.05) is 12.2 Å². The fourth-order valence-corrected chi connectivity index (χ4v) is 5.90. The average Bonchev–Trinajstić information content (AvgIpc) is 3.36. The Hall–Kier alpha value is -2.56. The summed E-state index contributed by atoms with van der Waals surface area (Å²) in [5.74, 6) is -1.56. The summed E-state index contributed by atoms with van der Waals surface area (Å²) in [6.45, 7) is 0.739. The lowest BCUT2D eigenvalue weighted by atomic mass is 9.79. The van der Waals surface area contributed by atoms with Gasteiger partial charge < -0.3 is 10.0 Å². The molecule has 0 spiro atoms. The van der Waals surface area contributed by atoms with Gasteiger partial charge in [-0.15, -0.1) is 0 Å². The molecule has 7 heteroatoms. The number of allylic oxidation sites excluding steroid dienone is 3. The molecule has 0 aromatic heterocycles. The van der Waals surface area contributed by atoms with Gasteiger partial charge in [0.15, 0.2) is 0 Å². The minimum Gasteiger partial charge on any atom is -0.373 e. The molecule has 30 heavy (non-hydrogen) atoms. The third-order valence-electron chi connectivity index (χ3n) is 7.18. The van der Waals surface area contributed by atoms with Gasteiger partial charge in [0.25, 0.3) is 0 Å². The maximum Gasteiger partial charge on any atom is 0.230 e. The molecule has 0 radical (unpaired) electrons. The second-order valence-corrected chi connectivity index (χ2v) is 8.66. The molecule has 5 nitrogen and oxygen atoms in total. The summed E-state index contributed by atoms with van der Waals surface area (Å²) in [5.41, 5.74) is 1.32. The Labute approximate surface area is 173 Å². The number of alkyl halides is 1. The van der Waals surface area contributed by atoms with E-state index in [1.54, 1.807) is 18.2 Å². The molecular weight excluding hydrogens is 388 g/mol. The molecule has 1 aromatic carbocycles. The Morgan fingerprint density at radius 2 is 2.00 bits per heavy atom. The summed E-state index contributed by atoms with van der Waals surface area (Å²) in [5, 5.41) is 20.3. The van der Waals surface area contributed by atoms with Gasteiger partial charge in [0, 0.05) is 30.6 Å². The van der Waals surface area contributed by atoms with Crippen LogP contribution in [0.15, 0.2) is 48.1 Å². The van der Waals surface area contributed by atoms with Crippen LogP contribution in [0.1, 0.15) is 18.4 Å². The van der Waals surface area contributed by atoms with E-state index in [-0.39, 0.29) is 30.2 Å². The standard InChI is InChI=1S/C23H23F2N3O2/c24-16-7-3-14(4-8-16)12-28-22(29)18-19(23(28)30)21-17(25)9-10-27(21)20(18)15-5-1-13(11-26)2-6-15/h1-5,7-8,15,17-22,29H,6,9-10,12H2/t15?,17-,18+,19-,20+,21+,22?/m1/s1. The molecule has 3 heterocycles. The van der Waals surface area contributed by atoms with E-state index in [0.29, 0.717) is 25.0 Å². The number of carbonyl (C=O) groups is 1. The number of rotatable bonds is 3. The Balaban J connectivity index is 1.45. The number of fused-ring (bicyclic) bond motifs is 3.